The highest BCUT2D eigenvalue weighted by Gasteiger charge is 2.62. The third kappa shape index (κ3) is 6.64. The first-order valence-corrected chi connectivity index (χ1v) is 8.22. The highest BCUT2D eigenvalue weighted by atomic mass is 35.5. The summed E-state index contributed by atoms with van der Waals surface area (Å²) in [5.41, 5.74) is -1.39. The van der Waals surface area contributed by atoms with Crippen LogP contribution in [0.25, 0.3) is 0 Å². The van der Waals surface area contributed by atoms with E-state index in [9.17, 15) is 31.1 Å². The first-order valence-electron chi connectivity index (χ1n) is 7.85. The topological polar surface area (TPSA) is 63.2 Å². The van der Waals surface area contributed by atoms with Crippen LogP contribution in [-0.2, 0) is 6.54 Å². The Morgan fingerprint density at radius 1 is 1.19 bits per heavy atom. The van der Waals surface area contributed by atoms with Crippen LogP contribution in [0.2, 0.25) is 5.15 Å². The average Bonchev–Trinajstić information content (AvgIpc) is 3.31. The lowest BCUT2D eigenvalue weighted by Crippen LogP contribution is -2.37. The number of aromatic nitrogens is 1. The zero-order valence-corrected chi connectivity index (χ0v) is 14.6. The fraction of sp³-hybridized carbons (Fsp3) is 0.600. The van der Waals surface area contributed by atoms with Gasteiger partial charge in [-0.15, -0.1) is 0 Å². The smallest absolute Gasteiger partial charge is 0.422 e. The third-order valence-corrected chi connectivity index (χ3v) is 4.20. The number of ether oxygens (including phenoxy) is 1. The Bertz CT molecular complexity index is 676. The summed E-state index contributed by atoms with van der Waals surface area (Å²) >= 11 is 5.69. The van der Waals surface area contributed by atoms with Crippen LogP contribution in [0.1, 0.15) is 24.8 Å². The molecular weight excluding hydrogens is 404 g/mol. The van der Waals surface area contributed by atoms with Gasteiger partial charge in [-0.05, 0) is 30.9 Å². The third-order valence-electron chi connectivity index (χ3n) is 4.01. The lowest BCUT2D eigenvalue weighted by Gasteiger charge is -2.19. The molecule has 0 radical (unpaired) electrons. The highest BCUT2D eigenvalue weighted by molar-refractivity contribution is 6.29. The van der Waals surface area contributed by atoms with Crippen molar-refractivity contribution < 1.29 is 35.9 Å². The number of alkyl halides is 6. The van der Waals surface area contributed by atoms with Crippen LogP contribution in [0.5, 0.6) is 5.88 Å². The molecule has 1 aliphatic carbocycles. The van der Waals surface area contributed by atoms with Gasteiger partial charge in [-0.25, -0.2) is 9.78 Å². The predicted octanol–water partition coefficient (Wildman–Crippen LogP) is 4.21. The van der Waals surface area contributed by atoms with Crippen molar-refractivity contribution in [2.75, 3.05) is 13.2 Å². The van der Waals surface area contributed by atoms with Gasteiger partial charge in [0, 0.05) is 19.2 Å². The van der Waals surface area contributed by atoms with Gasteiger partial charge in [0.1, 0.15) is 5.15 Å². The zero-order valence-electron chi connectivity index (χ0n) is 13.8. The molecular formula is C15H16ClF6N3O2. The van der Waals surface area contributed by atoms with Gasteiger partial charge in [-0.1, -0.05) is 11.6 Å². The second-order valence-electron chi connectivity index (χ2n) is 6.18. The van der Waals surface area contributed by atoms with E-state index in [0.29, 0.717) is 5.56 Å². The van der Waals surface area contributed by atoms with Crippen molar-refractivity contribution in [2.24, 2.45) is 5.41 Å². The summed E-state index contributed by atoms with van der Waals surface area (Å²) in [5.74, 6) is -0.363. The van der Waals surface area contributed by atoms with Gasteiger partial charge in [0.2, 0.25) is 5.88 Å². The summed E-state index contributed by atoms with van der Waals surface area (Å²) in [7, 11) is 0. The summed E-state index contributed by atoms with van der Waals surface area (Å²) in [4.78, 5) is 15.2. The zero-order chi connectivity index (χ0) is 20.3. The molecule has 5 nitrogen and oxygen atoms in total. The number of urea groups is 1. The maximum atomic E-state index is 12.8. The molecule has 1 aromatic heterocycles. The first kappa shape index (κ1) is 21.4. The molecule has 1 aliphatic rings. The van der Waals surface area contributed by atoms with Crippen LogP contribution in [0.4, 0.5) is 31.1 Å². The van der Waals surface area contributed by atoms with Gasteiger partial charge < -0.3 is 15.4 Å². The van der Waals surface area contributed by atoms with Crippen LogP contribution < -0.4 is 15.4 Å². The van der Waals surface area contributed by atoms with E-state index >= 15 is 0 Å². The Hall–Kier alpha value is -1.91. The predicted molar refractivity (Wildman–Crippen MR) is 83.4 cm³/mol. The van der Waals surface area contributed by atoms with Crippen molar-refractivity contribution in [3.05, 3.63) is 22.8 Å². The van der Waals surface area contributed by atoms with E-state index in [1.165, 1.54) is 12.1 Å². The standard InChI is InChI=1S/C15H16ClF6N3O2/c16-10-5-9(6-11(25-10)27-8-14(17,18)19)7-24-12(26)23-4-3-13(1-2-13)15(20,21)22/h5-6H,1-4,7-8H2,(H2,23,24,26). The number of amides is 2. The maximum absolute atomic E-state index is 12.8. The van der Waals surface area contributed by atoms with Crippen LogP contribution in [0.15, 0.2) is 12.1 Å². The Labute approximate surface area is 155 Å². The van der Waals surface area contributed by atoms with Crippen molar-refractivity contribution in [2.45, 2.75) is 38.2 Å². The molecule has 1 saturated carbocycles. The van der Waals surface area contributed by atoms with Crippen molar-refractivity contribution in [1.29, 1.82) is 0 Å². The molecule has 2 N–H and O–H groups in total. The molecule has 152 valence electrons. The number of carbonyl (C=O) groups excluding carboxylic acids is 1. The van der Waals surface area contributed by atoms with Crippen molar-refractivity contribution in [3.8, 4) is 5.88 Å². The van der Waals surface area contributed by atoms with Crippen LogP contribution in [0.3, 0.4) is 0 Å². The summed E-state index contributed by atoms with van der Waals surface area (Å²) in [6.45, 7) is -1.82. The molecule has 27 heavy (non-hydrogen) atoms. The van der Waals surface area contributed by atoms with Gasteiger partial charge in [0.15, 0.2) is 6.61 Å². The number of hydrogen-bond acceptors (Lipinski definition) is 3. The lowest BCUT2D eigenvalue weighted by atomic mass is 10.0. The van der Waals surface area contributed by atoms with Gasteiger partial charge in [-0.2, -0.15) is 26.3 Å². The number of rotatable bonds is 7. The fourth-order valence-corrected chi connectivity index (χ4v) is 2.56. The maximum Gasteiger partial charge on any atom is 0.422 e. The van der Waals surface area contributed by atoms with E-state index in [4.69, 9.17) is 11.6 Å². The van der Waals surface area contributed by atoms with E-state index in [1.807, 2.05) is 0 Å². The Kier molecular flexibility index (Phi) is 6.33. The minimum absolute atomic E-state index is 0.0516. The number of nitrogens with one attached hydrogen (secondary N) is 2. The molecule has 12 heteroatoms. The van der Waals surface area contributed by atoms with Gasteiger partial charge in [0.05, 0.1) is 5.41 Å². The Balaban J connectivity index is 1.78. The molecule has 0 spiro atoms. The molecule has 0 atom stereocenters. The molecule has 2 amide bonds. The van der Waals surface area contributed by atoms with E-state index < -0.39 is 30.4 Å². The number of halogens is 7. The molecule has 1 fully saturated rings. The Morgan fingerprint density at radius 3 is 2.41 bits per heavy atom. The van der Waals surface area contributed by atoms with E-state index in [-0.39, 0.29) is 43.4 Å². The summed E-state index contributed by atoms with van der Waals surface area (Å²) < 4.78 is 79.3. The molecule has 2 rings (SSSR count). The lowest BCUT2D eigenvalue weighted by molar-refractivity contribution is -0.188. The van der Waals surface area contributed by atoms with Gasteiger partial charge in [-0.3, -0.25) is 0 Å². The minimum atomic E-state index is -4.54. The van der Waals surface area contributed by atoms with E-state index in [0.717, 1.165) is 0 Å². The highest BCUT2D eigenvalue weighted by Crippen LogP contribution is 2.59. The van der Waals surface area contributed by atoms with E-state index in [2.05, 4.69) is 20.4 Å². The first-order chi connectivity index (χ1) is 12.4. The Morgan fingerprint density at radius 2 is 1.85 bits per heavy atom. The summed E-state index contributed by atoms with van der Waals surface area (Å²) in [6.07, 6.45) is -8.93. The van der Waals surface area contributed by atoms with Gasteiger partial charge in [0.25, 0.3) is 0 Å². The minimum Gasteiger partial charge on any atom is -0.468 e. The number of pyridine rings is 1. The molecule has 0 unspecified atom stereocenters. The fourth-order valence-electron chi connectivity index (χ4n) is 2.34. The number of hydrogen-bond donors (Lipinski definition) is 2. The molecule has 0 aromatic carbocycles. The summed E-state index contributed by atoms with van der Waals surface area (Å²) in [6, 6.07) is 1.77. The van der Waals surface area contributed by atoms with Crippen molar-refractivity contribution >= 4 is 17.6 Å². The van der Waals surface area contributed by atoms with E-state index in [1.54, 1.807) is 0 Å². The molecule has 1 aromatic rings. The van der Waals surface area contributed by atoms with Crippen molar-refractivity contribution in [1.82, 2.24) is 15.6 Å². The number of carbonyl (C=O) groups is 1. The molecule has 0 bridgehead atoms. The average molecular weight is 420 g/mol. The second kappa shape index (κ2) is 7.99. The second-order valence-corrected chi connectivity index (χ2v) is 6.56. The normalized spacial score (nSPS) is 16.0. The van der Waals surface area contributed by atoms with Crippen molar-refractivity contribution in [3.63, 3.8) is 0 Å². The molecule has 0 saturated heterocycles. The van der Waals surface area contributed by atoms with Crippen LogP contribution in [0, 0.1) is 5.41 Å². The molecule has 0 aliphatic heterocycles. The molecule has 1 heterocycles. The largest absolute Gasteiger partial charge is 0.468 e. The van der Waals surface area contributed by atoms with Crippen LogP contribution >= 0.6 is 11.6 Å². The number of nitrogens with zero attached hydrogens (tertiary/aromatic N) is 1. The quantitative estimate of drug-likeness (QED) is 0.514. The monoisotopic (exact) mass is 419 g/mol. The summed E-state index contributed by atoms with van der Waals surface area (Å²) in [5, 5.41) is 4.56. The SMILES string of the molecule is O=C(NCCC1(C(F)(F)F)CC1)NCc1cc(Cl)nc(OCC(F)(F)F)c1. The van der Waals surface area contributed by atoms with Gasteiger partial charge >= 0.3 is 18.4 Å². The van der Waals surface area contributed by atoms with Crippen LogP contribution in [-0.4, -0.2) is 36.5 Å².